The number of phenolic OH excluding ortho intramolecular Hbond substituents is 1. The van der Waals surface area contributed by atoms with Gasteiger partial charge in [0.05, 0.1) is 4.47 Å². The molecule has 0 radical (unpaired) electrons. The van der Waals surface area contributed by atoms with E-state index in [9.17, 15) is 5.11 Å². The number of rotatable bonds is 2. The zero-order valence-corrected chi connectivity index (χ0v) is 10.1. The van der Waals surface area contributed by atoms with E-state index >= 15 is 0 Å². The van der Waals surface area contributed by atoms with Crippen molar-refractivity contribution in [3.05, 3.63) is 27.7 Å². The smallest absolute Gasteiger partial charge is 0.133 e. The fourth-order valence-electron chi connectivity index (χ4n) is 1.92. The minimum absolute atomic E-state index is 0.441. The Morgan fingerprint density at radius 3 is 2.64 bits per heavy atom. The number of aromatic hydroxyl groups is 1. The standard InChI is InChI=1S/C12H15BrO/c1-3-8-5-10(9-4-7(9)2)12(14)11(13)6-8/h5-7,9,14H,3-4H2,1-2H3. The zero-order chi connectivity index (χ0) is 10.3. The lowest BCUT2D eigenvalue weighted by molar-refractivity contribution is 0.463. The molecule has 0 saturated heterocycles. The van der Waals surface area contributed by atoms with Gasteiger partial charge in [-0.25, -0.2) is 0 Å². The zero-order valence-electron chi connectivity index (χ0n) is 8.55. The van der Waals surface area contributed by atoms with E-state index in [1.807, 2.05) is 6.07 Å². The molecule has 1 aliphatic carbocycles. The second-order valence-corrected chi connectivity index (χ2v) is 5.04. The summed E-state index contributed by atoms with van der Waals surface area (Å²) < 4.78 is 0.839. The maximum Gasteiger partial charge on any atom is 0.133 e. The van der Waals surface area contributed by atoms with E-state index in [-0.39, 0.29) is 0 Å². The molecular weight excluding hydrogens is 240 g/mol. The Bertz CT molecular complexity index is 360. The van der Waals surface area contributed by atoms with Crippen LogP contribution in [-0.4, -0.2) is 5.11 Å². The minimum Gasteiger partial charge on any atom is -0.506 e. The summed E-state index contributed by atoms with van der Waals surface area (Å²) >= 11 is 3.40. The van der Waals surface area contributed by atoms with Gasteiger partial charge in [-0.1, -0.05) is 19.9 Å². The summed E-state index contributed by atoms with van der Waals surface area (Å²) in [5.74, 6) is 1.76. The molecule has 0 aromatic heterocycles. The fraction of sp³-hybridized carbons (Fsp3) is 0.500. The van der Waals surface area contributed by atoms with Gasteiger partial charge in [0.2, 0.25) is 0 Å². The molecule has 14 heavy (non-hydrogen) atoms. The summed E-state index contributed by atoms with van der Waals surface area (Å²) in [5.41, 5.74) is 2.42. The van der Waals surface area contributed by atoms with Crippen LogP contribution in [0.5, 0.6) is 5.75 Å². The number of hydrogen-bond acceptors (Lipinski definition) is 1. The molecule has 0 amide bonds. The van der Waals surface area contributed by atoms with Gasteiger partial charge in [0.15, 0.2) is 0 Å². The number of halogens is 1. The molecule has 76 valence electrons. The van der Waals surface area contributed by atoms with Crippen molar-refractivity contribution in [2.45, 2.75) is 32.6 Å². The Kier molecular flexibility index (Phi) is 2.56. The molecule has 2 heteroatoms. The van der Waals surface area contributed by atoms with Crippen LogP contribution in [0.4, 0.5) is 0 Å². The molecule has 0 bridgehead atoms. The van der Waals surface area contributed by atoms with Gasteiger partial charge in [0, 0.05) is 0 Å². The summed E-state index contributed by atoms with van der Waals surface area (Å²) in [5, 5.41) is 9.90. The highest BCUT2D eigenvalue weighted by atomic mass is 79.9. The van der Waals surface area contributed by atoms with E-state index in [1.165, 1.54) is 12.0 Å². The average Bonchev–Trinajstić information content (AvgIpc) is 2.87. The topological polar surface area (TPSA) is 20.2 Å². The third-order valence-electron chi connectivity index (χ3n) is 3.07. The van der Waals surface area contributed by atoms with Gasteiger partial charge >= 0.3 is 0 Å². The van der Waals surface area contributed by atoms with Crippen LogP contribution in [0.2, 0.25) is 0 Å². The summed E-state index contributed by atoms with van der Waals surface area (Å²) in [6.45, 7) is 4.37. The quantitative estimate of drug-likeness (QED) is 0.851. The molecule has 2 unspecified atom stereocenters. The summed E-state index contributed by atoms with van der Waals surface area (Å²) in [4.78, 5) is 0. The molecule has 1 saturated carbocycles. The van der Waals surface area contributed by atoms with Crippen molar-refractivity contribution in [3.63, 3.8) is 0 Å². The van der Waals surface area contributed by atoms with Crippen LogP contribution in [-0.2, 0) is 6.42 Å². The highest BCUT2D eigenvalue weighted by Gasteiger charge is 2.36. The minimum atomic E-state index is 0.441. The lowest BCUT2D eigenvalue weighted by Gasteiger charge is -2.08. The first-order chi connectivity index (χ1) is 6.63. The first-order valence-corrected chi connectivity index (χ1v) is 5.94. The molecule has 1 fully saturated rings. The van der Waals surface area contributed by atoms with Crippen LogP contribution >= 0.6 is 15.9 Å². The Hall–Kier alpha value is -0.500. The number of hydrogen-bond donors (Lipinski definition) is 1. The second-order valence-electron chi connectivity index (χ2n) is 4.19. The van der Waals surface area contributed by atoms with E-state index in [2.05, 4.69) is 35.8 Å². The predicted octanol–water partition coefficient (Wildman–Crippen LogP) is 3.84. The first kappa shape index (κ1) is 10.0. The first-order valence-electron chi connectivity index (χ1n) is 5.14. The van der Waals surface area contributed by atoms with Crippen molar-refractivity contribution in [2.75, 3.05) is 0 Å². The van der Waals surface area contributed by atoms with Crippen LogP contribution in [0.25, 0.3) is 0 Å². The fourth-order valence-corrected chi connectivity index (χ4v) is 2.44. The predicted molar refractivity (Wildman–Crippen MR) is 61.7 cm³/mol. The van der Waals surface area contributed by atoms with Crippen LogP contribution in [0.15, 0.2) is 16.6 Å². The Balaban J connectivity index is 2.42. The average molecular weight is 255 g/mol. The number of aryl methyl sites for hydroxylation is 1. The summed E-state index contributed by atoms with van der Waals surface area (Å²) in [7, 11) is 0. The lowest BCUT2D eigenvalue weighted by atomic mass is 10.0. The van der Waals surface area contributed by atoms with Crippen LogP contribution in [0.1, 0.15) is 37.3 Å². The van der Waals surface area contributed by atoms with E-state index in [1.54, 1.807) is 0 Å². The molecule has 1 aromatic rings. The summed E-state index contributed by atoms with van der Waals surface area (Å²) in [6, 6.07) is 4.15. The molecule has 0 heterocycles. The summed E-state index contributed by atoms with van der Waals surface area (Å²) in [6.07, 6.45) is 2.24. The van der Waals surface area contributed by atoms with E-state index in [4.69, 9.17) is 0 Å². The maximum absolute atomic E-state index is 9.90. The van der Waals surface area contributed by atoms with E-state index in [0.717, 1.165) is 22.4 Å². The van der Waals surface area contributed by atoms with Gasteiger partial charge in [0.25, 0.3) is 0 Å². The number of benzene rings is 1. The Morgan fingerprint density at radius 1 is 1.50 bits per heavy atom. The van der Waals surface area contributed by atoms with Gasteiger partial charge in [-0.3, -0.25) is 0 Å². The Labute approximate surface area is 93.3 Å². The monoisotopic (exact) mass is 254 g/mol. The molecule has 1 N–H and O–H groups in total. The third kappa shape index (κ3) is 1.68. The van der Waals surface area contributed by atoms with E-state index < -0.39 is 0 Å². The molecule has 0 spiro atoms. The van der Waals surface area contributed by atoms with Crippen molar-refractivity contribution in [1.29, 1.82) is 0 Å². The van der Waals surface area contributed by atoms with Crippen LogP contribution in [0.3, 0.4) is 0 Å². The van der Waals surface area contributed by atoms with Crippen molar-refractivity contribution in [1.82, 2.24) is 0 Å². The molecule has 1 aliphatic rings. The molecule has 0 aliphatic heterocycles. The molecule has 2 atom stereocenters. The van der Waals surface area contributed by atoms with Gasteiger partial charge in [-0.15, -0.1) is 0 Å². The normalized spacial score (nSPS) is 25.1. The van der Waals surface area contributed by atoms with Crippen LogP contribution in [0, 0.1) is 5.92 Å². The van der Waals surface area contributed by atoms with Crippen LogP contribution < -0.4 is 0 Å². The van der Waals surface area contributed by atoms with Gasteiger partial charge in [0.1, 0.15) is 5.75 Å². The third-order valence-corrected chi connectivity index (χ3v) is 3.67. The highest BCUT2D eigenvalue weighted by Crippen LogP contribution is 2.51. The van der Waals surface area contributed by atoms with Crippen molar-refractivity contribution in [2.24, 2.45) is 5.92 Å². The van der Waals surface area contributed by atoms with Gasteiger partial charge in [-0.05, 0) is 57.8 Å². The second kappa shape index (κ2) is 3.58. The molecule has 1 nitrogen and oxygen atoms in total. The highest BCUT2D eigenvalue weighted by molar-refractivity contribution is 9.10. The number of phenols is 1. The largest absolute Gasteiger partial charge is 0.506 e. The Morgan fingerprint density at radius 2 is 2.14 bits per heavy atom. The van der Waals surface area contributed by atoms with Crippen molar-refractivity contribution < 1.29 is 5.11 Å². The molecule has 1 aromatic carbocycles. The maximum atomic E-state index is 9.90. The lowest BCUT2D eigenvalue weighted by Crippen LogP contribution is -1.89. The van der Waals surface area contributed by atoms with Gasteiger partial charge in [-0.2, -0.15) is 0 Å². The van der Waals surface area contributed by atoms with E-state index in [0.29, 0.717) is 11.7 Å². The molecular formula is C12H15BrO. The SMILES string of the molecule is CCc1cc(Br)c(O)c(C2CC2C)c1. The van der Waals surface area contributed by atoms with Gasteiger partial charge < -0.3 is 5.11 Å². The van der Waals surface area contributed by atoms with Crippen molar-refractivity contribution in [3.8, 4) is 5.75 Å². The van der Waals surface area contributed by atoms with Crippen molar-refractivity contribution >= 4 is 15.9 Å². The molecule has 2 rings (SSSR count).